The number of benzene rings is 2. The van der Waals surface area contributed by atoms with Crippen molar-refractivity contribution in [2.75, 3.05) is 31.5 Å². The molecular weight excluding hydrogens is 461 g/mol. The van der Waals surface area contributed by atoms with Crippen LogP contribution in [0.1, 0.15) is 12.5 Å². The first-order valence-electron chi connectivity index (χ1n) is 9.98. The third kappa shape index (κ3) is 4.43. The highest BCUT2D eigenvalue weighted by Crippen LogP contribution is 2.38. The van der Waals surface area contributed by atoms with Crippen molar-refractivity contribution in [3.63, 3.8) is 0 Å². The van der Waals surface area contributed by atoms with Crippen LogP contribution in [0.2, 0.25) is 5.02 Å². The molecular formula is C21H21ClFN3O5S. The third-order valence-corrected chi connectivity index (χ3v) is 7.78. The molecule has 11 heteroatoms. The van der Waals surface area contributed by atoms with Crippen LogP contribution < -0.4 is 10.1 Å². The molecule has 170 valence electrons. The average molecular weight is 482 g/mol. The average Bonchev–Trinajstić information content (AvgIpc) is 2.74. The molecule has 2 heterocycles. The fraction of sp³-hybridized carbons (Fsp3) is 0.333. The fourth-order valence-electron chi connectivity index (χ4n) is 3.66. The second kappa shape index (κ2) is 8.68. The smallest absolute Gasteiger partial charge is 0.265 e. The lowest BCUT2D eigenvalue weighted by Gasteiger charge is -2.34. The van der Waals surface area contributed by atoms with Crippen LogP contribution in [0, 0.1) is 5.82 Å². The number of anilines is 1. The summed E-state index contributed by atoms with van der Waals surface area (Å²) < 4.78 is 46.5. The van der Waals surface area contributed by atoms with Gasteiger partial charge < -0.3 is 15.0 Å². The van der Waals surface area contributed by atoms with Crippen molar-refractivity contribution in [2.45, 2.75) is 24.3 Å². The number of nitrogens with zero attached hydrogens (tertiary/aromatic N) is 2. The zero-order valence-electron chi connectivity index (χ0n) is 17.2. The number of piperazine rings is 1. The van der Waals surface area contributed by atoms with Gasteiger partial charge in [-0.2, -0.15) is 4.31 Å². The van der Waals surface area contributed by atoms with E-state index in [0.29, 0.717) is 11.3 Å². The van der Waals surface area contributed by atoms with E-state index in [4.69, 9.17) is 16.3 Å². The molecule has 2 aromatic rings. The van der Waals surface area contributed by atoms with Gasteiger partial charge >= 0.3 is 0 Å². The molecule has 32 heavy (non-hydrogen) atoms. The summed E-state index contributed by atoms with van der Waals surface area (Å²) in [6.45, 7) is 2.16. The molecule has 2 aromatic carbocycles. The summed E-state index contributed by atoms with van der Waals surface area (Å²) in [5.41, 5.74) is 0.872. The SMILES string of the molecule is C[C@@H]1Oc2cc(S(=O)(=O)N3CCN(C(=O)Cc4cccc(F)c4)CC3)c(Cl)cc2NC1=O. The molecule has 0 unspecified atom stereocenters. The van der Waals surface area contributed by atoms with Crippen LogP contribution in [0.25, 0.3) is 0 Å². The number of sulfonamides is 1. The number of rotatable bonds is 4. The van der Waals surface area contributed by atoms with Crippen molar-refractivity contribution in [3.8, 4) is 5.75 Å². The molecule has 2 aliphatic rings. The molecule has 0 spiro atoms. The molecule has 0 bridgehead atoms. The number of ether oxygens (including phenoxy) is 1. The molecule has 1 atom stereocenters. The van der Waals surface area contributed by atoms with Crippen LogP contribution in [0.4, 0.5) is 10.1 Å². The molecule has 8 nitrogen and oxygen atoms in total. The second-order valence-corrected chi connectivity index (χ2v) is 9.93. The minimum Gasteiger partial charge on any atom is -0.479 e. The molecule has 0 aromatic heterocycles. The van der Waals surface area contributed by atoms with Gasteiger partial charge in [-0.3, -0.25) is 9.59 Å². The number of hydrogen-bond acceptors (Lipinski definition) is 5. The molecule has 1 saturated heterocycles. The molecule has 0 radical (unpaired) electrons. The van der Waals surface area contributed by atoms with Gasteiger partial charge in [0.2, 0.25) is 15.9 Å². The Kier molecular flexibility index (Phi) is 6.11. The Balaban J connectivity index is 1.46. The maximum Gasteiger partial charge on any atom is 0.265 e. The predicted octanol–water partition coefficient (Wildman–Crippen LogP) is 2.27. The van der Waals surface area contributed by atoms with Crippen molar-refractivity contribution in [1.29, 1.82) is 0 Å². The van der Waals surface area contributed by atoms with Gasteiger partial charge in [0.1, 0.15) is 16.5 Å². The largest absolute Gasteiger partial charge is 0.479 e. The van der Waals surface area contributed by atoms with Crippen LogP contribution in [0.15, 0.2) is 41.3 Å². The molecule has 1 fully saturated rings. The van der Waals surface area contributed by atoms with Crippen LogP contribution in [0.3, 0.4) is 0 Å². The summed E-state index contributed by atoms with van der Waals surface area (Å²) in [6, 6.07) is 8.49. The van der Waals surface area contributed by atoms with Crippen molar-refractivity contribution in [1.82, 2.24) is 9.21 Å². The fourth-order valence-corrected chi connectivity index (χ4v) is 5.60. The zero-order chi connectivity index (χ0) is 23.0. The van der Waals surface area contributed by atoms with E-state index in [1.807, 2.05) is 0 Å². The summed E-state index contributed by atoms with van der Waals surface area (Å²) in [6.07, 6.45) is -0.713. The van der Waals surface area contributed by atoms with Crippen molar-refractivity contribution < 1.29 is 27.1 Å². The number of carbonyl (C=O) groups is 2. The highest BCUT2D eigenvalue weighted by Gasteiger charge is 2.34. The lowest BCUT2D eigenvalue weighted by Crippen LogP contribution is -2.50. The monoisotopic (exact) mass is 481 g/mol. The molecule has 4 rings (SSSR count). The van der Waals surface area contributed by atoms with Gasteiger partial charge in [0.15, 0.2) is 6.10 Å². The molecule has 2 amide bonds. The first-order valence-corrected chi connectivity index (χ1v) is 11.8. The number of hydrogen-bond donors (Lipinski definition) is 1. The van der Waals surface area contributed by atoms with Crippen LogP contribution in [0.5, 0.6) is 5.75 Å². The first-order chi connectivity index (χ1) is 15.1. The predicted molar refractivity (Wildman–Crippen MR) is 116 cm³/mol. The molecule has 1 N–H and O–H groups in total. The van der Waals surface area contributed by atoms with E-state index in [0.717, 1.165) is 0 Å². The Morgan fingerprint density at radius 1 is 1.22 bits per heavy atom. The van der Waals surface area contributed by atoms with Gasteiger partial charge in [-0.25, -0.2) is 12.8 Å². The van der Waals surface area contributed by atoms with E-state index >= 15 is 0 Å². The van der Waals surface area contributed by atoms with Gasteiger partial charge in [0, 0.05) is 32.2 Å². The quantitative estimate of drug-likeness (QED) is 0.722. The summed E-state index contributed by atoms with van der Waals surface area (Å²) in [4.78, 5) is 25.7. The maximum atomic E-state index is 13.3. The number of amides is 2. The van der Waals surface area contributed by atoms with Gasteiger partial charge in [-0.1, -0.05) is 23.7 Å². The lowest BCUT2D eigenvalue weighted by atomic mass is 10.1. The normalized spacial score (nSPS) is 19.2. The Morgan fingerprint density at radius 2 is 1.94 bits per heavy atom. The highest BCUT2D eigenvalue weighted by molar-refractivity contribution is 7.89. The highest BCUT2D eigenvalue weighted by atomic mass is 35.5. The topological polar surface area (TPSA) is 96.0 Å². The Bertz CT molecular complexity index is 1180. The van der Waals surface area contributed by atoms with E-state index in [-0.39, 0.29) is 60.1 Å². The maximum absolute atomic E-state index is 13.3. The standard InChI is InChI=1S/C21H21ClFN3O5S/c1-13-21(28)24-17-11-16(22)19(12-18(17)31-13)32(29,30)26-7-5-25(6-8-26)20(27)10-14-3-2-4-15(23)9-14/h2-4,9,11-13H,5-8,10H2,1H3,(H,24,28)/t13-/m0/s1. The summed E-state index contributed by atoms with van der Waals surface area (Å²) >= 11 is 6.22. The Labute approximate surface area is 189 Å². The lowest BCUT2D eigenvalue weighted by molar-refractivity contribution is -0.131. The van der Waals surface area contributed by atoms with Gasteiger partial charge in [0.05, 0.1) is 17.1 Å². The van der Waals surface area contributed by atoms with E-state index in [9.17, 15) is 22.4 Å². The van der Waals surface area contributed by atoms with Crippen molar-refractivity contribution >= 4 is 39.1 Å². The zero-order valence-corrected chi connectivity index (χ0v) is 18.7. The van der Waals surface area contributed by atoms with E-state index < -0.39 is 21.9 Å². The first kappa shape index (κ1) is 22.5. The van der Waals surface area contributed by atoms with Crippen LogP contribution in [-0.4, -0.2) is 61.7 Å². The van der Waals surface area contributed by atoms with Gasteiger partial charge in [0.25, 0.3) is 5.91 Å². The summed E-state index contributed by atoms with van der Waals surface area (Å²) in [5.74, 6) is -0.726. The minimum absolute atomic E-state index is 0.0354. The Morgan fingerprint density at radius 3 is 2.62 bits per heavy atom. The van der Waals surface area contributed by atoms with E-state index in [2.05, 4.69) is 5.32 Å². The van der Waals surface area contributed by atoms with Crippen LogP contribution in [-0.2, 0) is 26.0 Å². The second-order valence-electron chi connectivity index (χ2n) is 7.62. The van der Waals surface area contributed by atoms with Gasteiger partial charge in [-0.05, 0) is 30.7 Å². The summed E-state index contributed by atoms with van der Waals surface area (Å²) in [7, 11) is -3.95. The molecule has 0 aliphatic carbocycles. The Hall–Kier alpha value is -2.69. The number of halogens is 2. The number of carbonyl (C=O) groups excluding carboxylic acids is 2. The molecule has 0 saturated carbocycles. The van der Waals surface area contributed by atoms with E-state index in [1.54, 1.807) is 24.0 Å². The van der Waals surface area contributed by atoms with Crippen molar-refractivity contribution in [3.05, 3.63) is 52.8 Å². The van der Waals surface area contributed by atoms with Crippen LogP contribution >= 0.6 is 11.6 Å². The number of nitrogens with one attached hydrogen (secondary N) is 1. The number of fused-ring (bicyclic) bond motifs is 1. The minimum atomic E-state index is -3.95. The van der Waals surface area contributed by atoms with Gasteiger partial charge in [-0.15, -0.1) is 0 Å². The molecule has 2 aliphatic heterocycles. The van der Waals surface area contributed by atoms with E-state index in [1.165, 1.54) is 28.6 Å². The third-order valence-electron chi connectivity index (χ3n) is 5.42. The summed E-state index contributed by atoms with van der Waals surface area (Å²) in [5, 5.41) is 2.59. The van der Waals surface area contributed by atoms with Crippen molar-refractivity contribution in [2.24, 2.45) is 0 Å².